The quantitative estimate of drug-likeness (QED) is 0.489. The Morgan fingerprint density at radius 1 is 1.69 bits per heavy atom. The van der Waals surface area contributed by atoms with Crippen LogP contribution in [0.2, 0.25) is 5.28 Å². The average molecular weight is 245 g/mol. The molecule has 0 aliphatic carbocycles. The van der Waals surface area contributed by atoms with Crippen LogP contribution < -0.4 is 5.32 Å². The minimum Gasteiger partial charge on any atom is -0.379 e. The molecule has 8 heteroatoms. The second kappa shape index (κ2) is 4.58. The Balaban J connectivity index is 2.22. The van der Waals surface area contributed by atoms with Crippen LogP contribution in [0.5, 0.6) is 0 Å². The van der Waals surface area contributed by atoms with Crippen molar-refractivity contribution in [1.29, 1.82) is 0 Å². The fourth-order valence-electron chi connectivity index (χ4n) is 1.44. The zero-order valence-corrected chi connectivity index (χ0v) is 8.98. The molecule has 1 aliphatic heterocycles. The van der Waals surface area contributed by atoms with E-state index < -0.39 is 4.92 Å². The van der Waals surface area contributed by atoms with Crippen LogP contribution in [0.1, 0.15) is 6.42 Å². The van der Waals surface area contributed by atoms with E-state index in [-0.39, 0.29) is 22.8 Å². The van der Waals surface area contributed by atoms with Gasteiger partial charge in [0.05, 0.1) is 17.6 Å². The number of anilines is 1. The lowest BCUT2D eigenvalue weighted by atomic mass is 10.2. The largest absolute Gasteiger partial charge is 0.379 e. The first-order chi connectivity index (χ1) is 7.66. The molecule has 0 saturated carbocycles. The number of nitrogens with one attached hydrogen (secondary N) is 1. The predicted molar refractivity (Wildman–Crippen MR) is 56.5 cm³/mol. The first-order valence-corrected chi connectivity index (χ1v) is 5.06. The molecule has 0 amide bonds. The van der Waals surface area contributed by atoms with Crippen LogP contribution in [0, 0.1) is 10.1 Å². The maximum atomic E-state index is 10.7. The lowest BCUT2D eigenvalue weighted by Crippen LogP contribution is -2.20. The summed E-state index contributed by atoms with van der Waals surface area (Å²) in [6.45, 7) is 1.16. The molecular weight excluding hydrogens is 236 g/mol. The summed E-state index contributed by atoms with van der Waals surface area (Å²) in [6.07, 6.45) is 1.88. The summed E-state index contributed by atoms with van der Waals surface area (Å²) in [5.74, 6) is 0.139. The van der Waals surface area contributed by atoms with Crippen molar-refractivity contribution in [2.45, 2.75) is 12.5 Å². The van der Waals surface area contributed by atoms with Crippen LogP contribution in [0.25, 0.3) is 0 Å². The Morgan fingerprint density at radius 2 is 2.50 bits per heavy atom. The molecule has 0 bridgehead atoms. The summed E-state index contributed by atoms with van der Waals surface area (Å²) < 4.78 is 5.15. The molecule has 1 aliphatic rings. The molecule has 1 N–H and O–H groups in total. The van der Waals surface area contributed by atoms with Gasteiger partial charge in [0.15, 0.2) is 0 Å². The van der Waals surface area contributed by atoms with Crippen LogP contribution in [-0.4, -0.2) is 34.1 Å². The number of hydrogen-bond acceptors (Lipinski definition) is 6. The van der Waals surface area contributed by atoms with E-state index in [1.54, 1.807) is 0 Å². The van der Waals surface area contributed by atoms with Gasteiger partial charge in [-0.25, -0.2) is 4.98 Å². The molecule has 2 rings (SSSR count). The van der Waals surface area contributed by atoms with Crippen molar-refractivity contribution in [3.8, 4) is 0 Å². The maximum Gasteiger partial charge on any atom is 0.329 e. The van der Waals surface area contributed by atoms with Gasteiger partial charge in [-0.2, -0.15) is 4.98 Å². The Labute approximate surface area is 95.9 Å². The smallest absolute Gasteiger partial charge is 0.329 e. The van der Waals surface area contributed by atoms with E-state index in [4.69, 9.17) is 16.3 Å². The lowest BCUT2D eigenvalue weighted by molar-refractivity contribution is -0.384. The fourth-order valence-corrected chi connectivity index (χ4v) is 1.57. The molecule has 86 valence electrons. The first kappa shape index (κ1) is 11.0. The summed E-state index contributed by atoms with van der Waals surface area (Å²) in [5, 5.41) is 13.6. The fraction of sp³-hybridized carbons (Fsp3) is 0.500. The van der Waals surface area contributed by atoms with Gasteiger partial charge in [-0.15, -0.1) is 0 Å². The van der Waals surface area contributed by atoms with Crippen LogP contribution in [0.3, 0.4) is 0 Å². The van der Waals surface area contributed by atoms with Gasteiger partial charge < -0.3 is 10.1 Å². The van der Waals surface area contributed by atoms with E-state index in [1.807, 2.05) is 0 Å². The standard InChI is InChI=1S/C8H9ClN4O3/c9-8-10-3-6(13(14)15)7(12-8)11-5-1-2-16-4-5/h3,5H,1-2,4H2,(H,10,11,12). The van der Waals surface area contributed by atoms with Gasteiger partial charge in [0.2, 0.25) is 11.1 Å². The highest BCUT2D eigenvalue weighted by molar-refractivity contribution is 6.28. The van der Waals surface area contributed by atoms with Gasteiger partial charge >= 0.3 is 5.69 Å². The van der Waals surface area contributed by atoms with Crippen LogP contribution in [0.15, 0.2) is 6.20 Å². The average Bonchev–Trinajstić information content (AvgIpc) is 2.70. The van der Waals surface area contributed by atoms with E-state index in [0.717, 1.165) is 12.6 Å². The highest BCUT2D eigenvalue weighted by Gasteiger charge is 2.22. The zero-order valence-electron chi connectivity index (χ0n) is 8.22. The van der Waals surface area contributed by atoms with Crippen molar-refractivity contribution in [1.82, 2.24) is 9.97 Å². The van der Waals surface area contributed by atoms with Crippen molar-refractivity contribution in [2.75, 3.05) is 18.5 Å². The Bertz CT molecular complexity index is 408. The first-order valence-electron chi connectivity index (χ1n) is 4.68. The maximum absolute atomic E-state index is 10.7. The predicted octanol–water partition coefficient (Wildman–Crippen LogP) is 1.24. The van der Waals surface area contributed by atoms with Crippen LogP contribution in [-0.2, 0) is 4.74 Å². The van der Waals surface area contributed by atoms with Crippen molar-refractivity contribution < 1.29 is 9.66 Å². The number of halogens is 1. The third-order valence-corrected chi connectivity index (χ3v) is 2.39. The van der Waals surface area contributed by atoms with Crippen molar-refractivity contribution in [3.05, 3.63) is 21.6 Å². The van der Waals surface area contributed by atoms with Gasteiger partial charge in [-0.05, 0) is 18.0 Å². The summed E-state index contributed by atoms with van der Waals surface area (Å²) in [6, 6.07) is 0.0321. The molecule has 0 spiro atoms. The Kier molecular flexibility index (Phi) is 3.16. The molecule has 1 aromatic rings. The van der Waals surface area contributed by atoms with E-state index in [2.05, 4.69) is 15.3 Å². The molecule has 1 aromatic heterocycles. The number of nitro groups is 1. The van der Waals surface area contributed by atoms with Crippen LogP contribution in [0.4, 0.5) is 11.5 Å². The minimum atomic E-state index is -0.547. The summed E-state index contributed by atoms with van der Waals surface area (Å²) in [5.41, 5.74) is -0.184. The molecule has 2 heterocycles. The molecule has 16 heavy (non-hydrogen) atoms. The van der Waals surface area contributed by atoms with E-state index in [0.29, 0.717) is 13.2 Å². The highest BCUT2D eigenvalue weighted by atomic mass is 35.5. The highest BCUT2D eigenvalue weighted by Crippen LogP contribution is 2.23. The number of aromatic nitrogens is 2. The Hall–Kier alpha value is -1.47. The molecule has 1 atom stereocenters. The molecular formula is C8H9ClN4O3. The van der Waals surface area contributed by atoms with Crippen LogP contribution >= 0.6 is 11.6 Å². The summed E-state index contributed by atoms with van der Waals surface area (Å²) >= 11 is 5.59. The molecule has 0 radical (unpaired) electrons. The molecule has 1 fully saturated rings. The third-order valence-electron chi connectivity index (χ3n) is 2.21. The van der Waals surface area contributed by atoms with Gasteiger partial charge in [0, 0.05) is 6.61 Å². The van der Waals surface area contributed by atoms with Gasteiger partial charge in [0.25, 0.3) is 0 Å². The zero-order chi connectivity index (χ0) is 11.5. The third kappa shape index (κ3) is 2.37. The monoisotopic (exact) mass is 244 g/mol. The topological polar surface area (TPSA) is 90.2 Å². The number of hydrogen-bond donors (Lipinski definition) is 1. The normalized spacial score (nSPS) is 19.7. The minimum absolute atomic E-state index is 0.0213. The van der Waals surface area contributed by atoms with Gasteiger partial charge in [-0.3, -0.25) is 10.1 Å². The lowest BCUT2D eigenvalue weighted by Gasteiger charge is -2.10. The number of nitrogens with zero attached hydrogens (tertiary/aromatic N) is 3. The van der Waals surface area contributed by atoms with Gasteiger partial charge in [0.1, 0.15) is 6.20 Å². The molecule has 7 nitrogen and oxygen atoms in total. The molecule has 0 aromatic carbocycles. The summed E-state index contributed by atoms with van der Waals surface area (Å²) in [4.78, 5) is 17.6. The van der Waals surface area contributed by atoms with Crippen molar-refractivity contribution in [3.63, 3.8) is 0 Å². The Morgan fingerprint density at radius 3 is 3.12 bits per heavy atom. The van der Waals surface area contributed by atoms with Crippen molar-refractivity contribution in [2.24, 2.45) is 0 Å². The van der Waals surface area contributed by atoms with E-state index in [9.17, 15) is 10.1 Å². The second-order valence-electron chi connectivity index (χ2n) is 3.33. The van der Waals surface area contributed by atoms with E-state index in [1.165, 1.54) is 0 Å². The van der Waals surface area contributed by atoms with Gasteiger partial charge in [-0.1, -0.05) is 0 Å². The molecule has 1 saturated heterocycles. The number of ether oxygens (including phenoxy) is 1. The number of rotatable bonds is 3. The SMILES string of the molecule is O=[N+]([O-])c1cnc(Cl)nc1NC1CCOC1. The van der Waals surface area contributed by atoms with Crippen molar-refractivity contribution >= 4 is 23.1 Å². The second-order valence-corrected chi connectivity index (χ2v) is 3.67. The summed E-state index contributed by atoms with van der Waals surface area (Å²) in [7, 11) is 0. The van der Waals surface area contributed by atoms with E-state index >= 15 is 0 Å². The molecule has 1 unspecified atom stereocenters.